The molecule has 1 saturated carbocycles. The fraction of sp³-hybridized carbons (Fsp3) is 0.308. The van der Waals surface area contributed by atoms with E-state index in [9.17, 15) is 4.79 Å². The minimum atomic E-state index is -0.229. The lowest BCUT2D eigenvalue weighted by Gasteiger charge is -2.27. The van der Waals surface area contributed by atoms with Crippen LogP contribution in [0.5, 0.6) is 0 Å². The predicted octanol–water partition coefficient (Wildman–Crippen LogP) is 2.81. The topological polar surface area (TPSA) is 26.3 Å². The Balaban J connectivity index is 1.80. The second kappa shape index (κ2) is 4.30. The number of esters is 1. The van der Waals surface area contributed by atoms with Gasteiger partial charge < -0.3 is 4.74 Å². The van der Waals surface area contributed by atoms with Gasteiger partial charge in [-0.2, -0.15) is 0 Å². The maximum Gasteiger partial charge on any atom is 0.338 e. The molecule has 0 aliphatic heterocycles. The first kappa shape index (κ1) is 9.97. The highest BCUT2D eigenvalue weighted by molar-refractivity contribution is 5.89. The smallest absolute Gasteiger partial charge is 0.338 e. The van der Waals surface area contributed by atoms with Crippen molar-refractivity contribution in [3.8, 4) is 0 Å². The molecule has 0 amide bonds. The molecule has 1 aromatic rings. The highest BCUT2D eigenvalue weighted by atomic mass is 16.5. The molecule has 1 aliphatic carbocycles. The van der Waals surface area contributed by atoms with Crippen molar-refractivity contribution >= 4 is 5.97 Å². The van der Waals surface area contributed by atoms with E-state index in [-0.39, 0.29) is 5.97 Å². The summed E-state index contributed by atoms with van der Waals surface area (Å²) in [6, 6.07) is 9.08. The van der Waals surface area contributed by atoms with Gasteiger partial charge in [-0.25, -0.2) is 4.79 Å². The van der Waals surface area contributed by atoms with Crippen molar-refractivity contribution in [2.45, 2.75) is 12.8 Å². The van der Waals surface area contributed by atoms with Crippen LogP contribution in [0.25, 0.3) is 0 Å². The van der Waals surface area contributed by atoms with Crippen molar-refractivity contribution in [3.63, 3.8) is 0 Å². The molecular formula is C13H14O2. The zero-order valence-electron chi connectivity index (χ0n) is 8.61. The average molecular weight is 202 g/mol. The van der Waals surface area contributed by atoms with Crippen LogP contribution in [0.2, 0.25) is 0 Å². The summed E-state index contributed by atoms with van der Waals surface area (Å²) in [5.41, 5.74) is 1.88. The Hall–Kier alpha value is -1.57. The first-order valence-electron chi connectivity index (χ1n) is 5.14. The van der Waals surface area contributed by atoms with E-state index in [1.54, 1.807) is 12.1 Å². The number of rotatable bonds is 3. The molecule has 0 heterocycles. The Kier molecular flexibility index (Phi) is 2.86. The van der Waals surface area contributed by atoms with Crippen LogP contribution in [0.15, 0.2) is 42.5 Å². The molecule has 78 valence electrons. The second-order valence-corrected chi connectivity index (χ2v) is 3.99. The monoisotopic (exact) mass is 202 g/mol. The molecule has 0 bridgehead atoms. The maximum absolute atomic E-state index is 11.5. The fourth-order valence-electron chi connectivity index (χ4n) is 1.73. The molecule has 0 radical (unpaired) electrons. The van der Waals surface area contributed by atoms with Gasteiger partial charge in [-0.05, 0) is 25.0 Å². The molecule has 15 heavy (non-hydrogen) atoms. The Morgan fingerprint density at radius 2 is 2.00 bits per heavy atom. The van der Waals surface area contributed by atoms with E-state index in [1.807, 2.05) is 18.2 Å². The summed E-state index contributed by atoms with van der Waals surface area (Å²) in [5, 5.41) is 0. The van der Waals surface area contributed by atoms with Gasteiger partial charge in [-0.3, -0.25) is 0 Å². The van der Waals surface area contributed by atoms with E-state index in [4.69, 9.17) is 4.74 Å². The Morgan fingerprint density at radius 3 is 2.60 bits per heavy atom. The third-order valence-electron chi connectivity index (χ3n) is 2.61. The lowest BCUT2D eigenvalue weighted by Crippen LogP contribution is -2.21. The lowest BCUT2D eigenvalue weighted by molar-refractivity contribution is 0.0410. The van der Waals surface area contributed by atoms with Gasteiger partial charge >= 0.3 is 5.97 Å². The van der Waals surface area contributed by atoms with Crippen LogP contribution in [0.3, 0.4) is 0 Å². The van der Waals surface area contributed by atoms with Crippen molar-refractivity contribution in [1.82, 2.24) is 0 Å². The summed E-state index contributed by atoms with van der Waals surface area (Å²) in [6.45, 7) is 4.38. The van der Waals surface area contributed by atoms with E-state index in [2.05, 4.69) is 6.58 Å². The molecule has 1 fully saturated rings. The largest absolute Gasteiger partial charge is 0.462 e. The van der Waals surface area contributed by atoms with E-state index in [0.29, 0.717) is 18.1 Å². The van der Waals surface area contributed by atoms with Crippen LogP contribution in [0, 0.1) is 5.92 Å². The van der Waals surface area contributed by atoms with Crippen LogP contribution in [-0.4, -0.2) is 12.6 Å². The quantitative estimate of drug-likeness (QED) is 0.556. The van der Waals surface area contributed by atoms with Crippen molar-refractivity contribution < 1.29 is 9.53 Å². The highest BCUT2D eigenvalue weighted by Gasteiger charge is 2.22. The summed E-state index contributed by atoms with van der Waals surface area (Å²) >= 11 is 0. The standard InChI is InChI=1S/C13H14O2/c1-10-7-11(8-10)9-15-13(14)12-5-3-2-4-6-12/h2-6,11H,1,7-9H2. The van der Waals surface area contributed by atoms with E-state index >= 15 is 0 Å². The van der Waals surface area contributed by atoms with Gasteiger partial charge in [-0.1, -0.05) is 30.4 Å². The molecule has 2 rings (SSSR count). The summed E-state index contributed by atoms with van der Waals surface area (Å²) in [5.74, 6) is 0.262. The SMILES string of the molecule is C=C1CC(COC(=O)c2ccccc2)C1. The first-order chi connectivity index (χ1) is 7.25. The summed E-state index contributed by atoms with van der Waals surface area (Å²) in [7, 11) is 0. The Morgan fingerprint density at radius 1 is 1.33 bits per heavy atom. The van der Waals surface area contributed by atoms with Gasteiger partial charge in [0, 0.05) is 5.92 Å². The van der Waals surface area contributed by atoms with Crippen LogP contribution in [-0.2, 0) is 4.74 Å². The van der Waals surface area contributed by atoms with Gasteiger partial charge in [-0.15, -0.1) is 0 Å². The molecule has 1 aromatic carbocycles. The van der Waals surface area contributed by atoms with Gasteiger partial charge in [0.25, 0.3) is 0 Å². The number of carbonyl (C=O) groups excluding carboxylic acids is 1. The Bertz CT molecular complexity index is 359. The Labute approximate surface area is 89.6 Å². The minimum absolute atomic E-state index is 0.229. The lowest BCUT2D eigenvalue weighted by atomic mass is 9.82. The molecule has 0 unspecified atom stereocenters. The molecule has 0 N–H and O–H groups in total. The number of hydrogen-bond acceptors (Lipinski definition) is 2. The molecular weight excluding hydrogens is 188 g/mol. The van der Waals surface area contributed by atoms with Crippen LogP contribution in [0.1, 0.15) is 23.2 Å². The van der Waals surface area contributed by atoms with E-state index in [0.717, 1.165) is 12.8 Å². The molecule has 0 aromatic heterocycles. The normalized spacial score (nSPS) is 15.9. The van der Waals surface area contributed by atoms with Crippen molar-refractivity contribution in [2.75, 3.05) is 6.61 Å². The van der Waals surface area contributed by atoms with Gasteiger partial charge in [0.15, 0.2) is 0 Å². The van der Waals surface area contributed by atoms with E-state index in [1.165, 1.54) is 5.57 Å². The second-order valence-electron chi connectivity index (χ2n) is 3.99. The molecule has 2 heteroatoms. The zero-order valence-corrected chi connectivity index (χ0v) is 8.61. The number of hydrogen-bond donors (Lipinski definition) is 0. The third kappa shape index (κ3) is 2.46. The molecule has 2 nitrogen and oxygen atoms in total. The number of carbonyl (C=O) groups is 1. The summed E-state index contributed by atoms with van der Waals surface area (Å²) in [4.78, 5) is 11.5. The summed E-state index contributed by atoms with van der Waals surface area (Å²) in [6.07, 6.45) is 2.00. The third-order valence-corrected chi connectivity index (χ3v) is 2.61. The van der Waals surface area contributed by atoms with E-state index < -0.39 is 0 Å². The molecule has 0 saturated heterocycles. The van der Waals surface area contributed by atoms with Crippen molar-refractivity contribution in [3.05, 3.63) is 48.0 Å². The first-order valence-corrected chi connectivity index (χ1v) is 5.14. The molecule has 0 atom stereocenters. The highest BCUT2D eigenvalue weighted by Crippen LogP contribution is 2.31. The maximum atomic E-state index is 11.5. The predicted molar refractivity (Wildman–Crippen MR) is 58.6 cm³/mol. The molecule has 0 spiro atoms. The zero-order chi connectivity index (χ0) is 10.7. The minimum Gasteiger partial charge on any atom is -0.462 e. The summed E-state index contributed by atoms with van der Waals surface area (Å²) < 4.78 is 5.20. The van der Waals surface area contributed by atoms with Crippen molar-refractivity contribution in [1.29, 1.82) is 0 Å². The molecule has 1 aliphatic rings. The van der Waals surface area contributed by atoms with Gasteiger partial charge in [0.1, 0.15) is 0 Å². The number of ether oxygens (including phenoxy) is 1. The fourth-order valence-corrected chi connectivity index (χ4v) is 1.73. The average Bonchev–Trinajstić information content (AvgIpc) is 2.23. The number of benzene rings is 1. The number of allylic oxidation sites excluding steroid dienone is 1. The van der Waals surface area contributed by atoms with Gasteiger partial charge in [0.05, 0.1) is 12.2 Å². The van der Waals surface area contributed by atoms with Crippen LogP contribution < -0.4 is 0 Å². The van der Waals surface area contributed by atoms with Gasteiger partial charge in [0.2, 0.25) is 0 Å². The van der Waals surface area contributed by atoms with Crippen molar-refractivity contribution in [2.24, 2.45) is 5.92 Å². The van der Waals surface area contributed by atoms with Crippen LogP contribution in [0.4, 0.5) is 0 Å². The van der Waals surface area contributed by atoms with Crippen LogP contribution >= 0.6 is 0 Å².